The Balaban J connectivity index is 2.49. The Bertz CT molecular complexity index is 195. The van der Waals surface area contributed by atoms with E-state index in [0.29, 0.717) is 6.61 Å². The SMILES string of the molecule is Cn1cccc1CCON. The first-order valence-electron chi connectivity index (χ1n) is 3.26. The van der Waals surface area contributed by atoms with E-state index in [1.165, 1.54) is 5.69 Å². The van der Waals surface area contributed by atoms with E-state index in [0.717, 1.165) is 6.42 Å². The van der Waals surface area contributed by atoms with Crippen LogP contribution in [0.3, 0.4) is 0 Å². The lowest BCUT2D eigenvalue weighted by Crippen LogP contribution is -2.06. The minimum atomic E-state index is 0.581. The van der Waals surface area contributed by atoms with Crippen LogP contribution in [0, 0.1) is 0 Å². The van der Waals surface area contributed by atoms with Gasteiger partial charge in [0.25, 0.3) is 0 Å². The fourth-order valence-electron chi connectivity index (χ4n) is 0.920. The summed E-state index contributed by atoms with van der Waals surface area (Å²) in [6.45, 7) is 0.581. The molecule has 0 fully saturated rings. The van der Waals surface area contributed by atoms with Gasteiger partial charge < -0.3 is 9.40 Å². The van der Waals surface area contributed by atoms with Gasteiger partial charge >= 0.3 is 0 Å². The summed E-state index contributed by atoms with van der Waals surface area (Å²) in [4.78, 5) is 4.46. The van der Waals surface area contributed by atoms with Crippen molar-refractivity contribution < 1.29 is 4.84 Å². The van der Waals surface area contributed by atoms with E-state index in [4.69, 9.17) is 5.90 Å². The first-order chi connectivity index (χ1) is 4.84. The highest BCUT2D eigenvalue weighted by atomic mass is 16.6. The summed E-state index contributed by atoms with van der Waals surface area (Å²) in [5.41, 5.74) is 1.24. The second-order valence-electron chi connectivity index (χ2n) is 2.23. The van der Waals surface area contributed by atoms with E-state index in [1.54, 1.807) is 0 Å². The first-order valence-corrected chi connectivity index (χ1v) is 3.26. The Morgan fingerprint density at radius 3 is 3.00 bits per heavy atom. The molecule has 1 heterocycles. The number of hydrogen-bond acceptors (Lipinski definition) is 2. The molecule has 56 valence electrons. The van der Waals surface area contributed by atoms with Crippen molar-refractivity contribution in [1.82, 2.24) is 4.57 Å². The standard InChI is InChI=1S/C7H12N2O/c1-9-5-2-3-7(9)4-6-10-8/h2-3,5H,4,6,8H2,1H3. The lowest BCUT2D eigenvalue weighted by atomic mass is 10.3. The summed E-state index contributed by atoms with van der Waals surface area (Å²) in [6.07, 6.45) is 2.88. The molecule has 0 aromatic carbocycles. The summed E-state index contributed by atoms with van der Waals surface area (Å²) in [7, 11) is 2.01. The minimum absolute atomic E-state index is 0.581. The van der Waals surface area contributed by atoms with Crippen molar-refractivity contribution in [2.24, 2.45) is 12.9 Å². The van der Waals surface area contributed by atoms with Gasteiger partial charge in [0.1, 0.15) is 0 Å². The summed E-state index contributed by atoms with van der Waals surface area (Å²) in [5, 5.41) is 0. The van der Waals surface area contributed by atoms with Crippen LogP contribution < -0.4 is 5.90 Å². The Morgan fingerprint density at radius 2 is 2.50 bits per heavy atom. The largest absolute Gasteiger partial charge is 0.354 e. The molecule has 0 saturated heterocycles. The van der Waals surface area contributed by atoms with Crippen molar-refractivity contribution in [3.63, 3.8) is 0 Å². The maximum absolute atomic E-state index is 4.89. The third-order valence-corrected chi connectivity index (χ3v) is 1.53. The zero-order valence-electron chi connectivity index (χ0n) is 6.08. The number of rotatable bonds is 3. The number of aromatic nitrogens is 1. The van der Waals surface area contributed by atoms with E-state index >= 15 is 0 Å². The third-order valence-electron chi connectivity index (χ3n) is 1.53. The molecule has 10 heavy (non-hydrogen) atoms. The van der Waals surface area contributed by atoms with E-state index in [-0.39, 0.29) is 0 Å². The minimum Gasteiger partial charge on any atom is -0.354 e. The number of hydrogen-bond donors (Lipinski definition) is 1. The summed E-state index contributed by atoms with van der Waals surface area (Å²) in [5.74, 6) is 4.89. The Hall–Kier alpha value is -0.800. The number of nitrogens with zero attached hydrogens (tertiary/aromatic N) is 1. The lowest BCUT2D eigenvalue weighted by molar-refractivity contribution is 0.140. The molecule has 0 amide bonds. The Morgan fingerprint density at radius 1 is 1.70 bits per heavy atom. The van der Waals surface area contributed by atoms with E-state index < -0.39 is 0 Å². The molecule has 1 rings (SSSR count). The second kappa shape index (κ2) is 3.39. The molecule has 2 N–H and O–H groups in total. The molecule has 0 aliphatic rings. The number of aryl methyl sites for hydroxylation is 1. The van der Waals surface area contributed by atoms with Crippen molar-refractivity contribution in [1.29, 1.82) is 0 Å². The Labute approximate surface area is 60.4 Å². The molecular weight excluding hydrogens is 128 g/mol. The fraction of sp³-hybridized carbons (Fsp3) is 0.429. The van der Waals surface area contributed by atoms with Crippen LogP contribution in [0.4, 0.5) is 0 Å². The van der Waals surface area contributed by atoms with Crippen LogP contribution in [0.1, 0.15) is 5.69 Å². The second-order valence-corrected chi connectivity index (χ2v) is 2.23. The average Bonchev–Trinajstić information content (AvgIpc) is 2.31. The normalized spacial score (nSPS) is 10.2. The predicted molar refractivity (Wildman–Crippen MR) is 39.3 cm³/mol. The van der Waals surface area contributed by atoms with Crippen LogP contribution in [0.2, 0.25) is 0 Å². The third kappa shape index (κ3) is 1.59. The van der Waals surface area contributed by atoms with Gasteiger partial charge in [-0.15, -0.1) is 0 Å². The fourth-order valence-corrected chi connectivity index (χ4v) is 0.920. The maximum atomic E-state index is 4.89. The smallest absolute Gasteiger partial charge is 0.0733 e. The lowest BCUT2D eigenvalue weighted by Gasteiger charge is -2.00. The topological polar surface area (TPSA) is 40.2 Å². The van der Waals surface area contributed by atoms with Crippen LogP contribution in [-0.2, 0) is 18.3 Å². The molecule has 0 radical (unpaired) electrons. The summed E-state index contributed by atoms with van der Waals surface area (Å²) in [6, 6.07) is 4.06. The molecule has 1 aromatic heterocycles. The van der Waals surface area contributed by atoms with Crippen molar-refractivity contribution >= 4 is 0 Å². The molecule has 0 saturated carbocycles. The van der Waals surface area contributed by atoms with Crippen LogP contribution in [0.25, 0.3) is 0 Å². The molecule has 0 unspecified atom stereocenters. The molecule has 1 aromatic rings. The van der Waals surface area contributed by atoms with E-state index in [2.05, 4.69) is 15.5 Å². The van der Waals surface area contributed by atoms with Crippen LogP contribution in [0.5, 0.6) is 0 Å². The predicted octanol–water partition coefficient (Wildman–Crippen LogP) is 0.458. The van der Waals surface area contributed by atoms with Gasteiger partial charge in [0.15, 0.2) is 0 Å². The molecule has 0 aliphatic carbocycles. The van der Waals surface area contributed by atoms with E-state index in [9.17, 15) is 0 Å². The van der Waals surface area contributed by atoms with Crippen molar-refractivity contribution in [3.05, 3.63) is 24.0 Å². The molecule has 3 heteroatoms. The van der Waals surface area contributed by atoms with Crippen molar-refractivity contribution in [2.75, 3.05) is 6.61 Å². The molecule has 3 nitrogen and oxygen atoms in total. The average molecular weight is 140 g/mol. The van der Waals surface area contributed by atoms with Crippen LogP contribution in [0.15, 0.2) is 18.3 Å². The zero-order valence-corrected chi connectivity index (χ0v) is 6.08. The van der Waals surface area contributed by atoms with Gasteiger partial charge in [-0.3, -0.25) is 0 Å². The van der Waals surface area contributed by atoms with E-state index in [1.807, 2.05) is 19.3 Å². The number of nitrogens with two attached hydrogens (primary N) is 1. The van der Waals surface area contributed by atoms with Gasteiger partial charge in [-0.1, -0.05) is 0 Å². The van der Waals surface area contributed by atoms with Crippen molar-refractivity contribution in [2.45, 2.75) is 6.42 Å². The van der Waals surface area contributed by atoms with Crippen molar-refractivity contribution in [3.8, 4) is 0 Å². The summed E-state index contributed by atoms with van der Waals surface area (Å²) >= 11 is 0. The molecule has 0 aliphatic heterocycles. The Kier molecular flexibility index (Phi) is 2.48. The highest BCUT2D eigenvalue weighted by Crippen LogP contribution is 1.99. The van der Waals surface area contributed by atoms with Gasteiger partial charge in [-0.25, -0.2) is 5.90 Å². The molecule has 0 spiro atoms. The molecular formula is C7H12N2O. The molecule has 0 bridgehead atoms. The quantitative estimate of drug-likeness (QED) is 0.619. The monoisotopic (exact) mass is 140 g/mol. The van der Waals surface area contributed by atoms with Gasteiger partial charge in [-0.2, -0.15) is 0 Å². The van der Waals surface area contributed by atoms with Gasteiger partial charge in [0.05, 0.1) is 6.61 Å². The highest BCUT2D eigenvalue weighted by Gasteiger charge is 1.94. The summed E-state index contributed by atoms with van der Waals surface area (Å²) < 4.78 is 2.05. The molecule has 0 atom stereocenters. The zero-order chi connectivity index (χ0) is 7.40. The van der Waals surface area contributed by atoms with Crippen LogP contribution >= 0.6 is 0 Å². The van der Waals surface area contributed by atoms with Gasteiger partial charge in [-0.05, 0) is 12.1 Å². The highest BCUT2D eigenvalue weighted by molar-refractivity contribution is 5.06. The van der Waals surface area contributed by atoms with Gasteiger partial charge in [0.2, 0.25) is 0 Å². The maximum Gasteiger partial charge on any atom is 0.0733 e. The van der Waals surface area contributed by atoms with Gasteiger partial charge in [0, 0.05) is 25.4 Å². The first kappa shape index (κ1) is 7.31. The van der Waals surface area contributed by atoms with Crippen LogP contribution in [-0.4, -0.2) is 11.2 Å².